The molecule has 7 nitrogen and oxygen atoms in total. The van der Waals surface area contributed by atoms with Crippen molar-refractivity contribution >= 4 is 18.1 Å². The topological polar surface area (TPSA) is 74.2 Å². The fraction of sp³-hybridized carbons (Fsp3) is 0.824. The van der Waals surface area contributed by atoms with Crippen LogP contribution in [0.2, 0.25) is 0 Å². The van der Waals surface area contributed by atoms with Crippen molar-refractivity contribution in [1.29, 1.82) is 0 Å². The summed E-state index contributed by atoms with van der Waals surface area (Å²) in [4.78, 5) is 30.9. The molecule has 0 heterocycles. The molecule has 1 N–H and O–H groups in total. The van der Waals surface area contributed by atoms with Crippen molar-refractivity contribution in [2.45, 2.75) is 53.0 Å². The molecule has 138 valence electrons. The fourth-order valence-corrected chi connectivity index (χ4v) is 3.94. The van der Waals surface area contributed by atoms with Crippen LogP contribution in [0, 0.1) is 10.8 Å². The van der Waals surface area contributed by atoms with Crippen molar-refractivity contribution < 1.29 is 14.3 Å². The van der Waals surface area contributed by atoms with E-state index in [0.717, 1.165) is 19.3 Å². The van der Waals surface area contributed by atoms with Gasteiger partial charge in [0.15, 0.2) is 0 Å². The van der Waals surface area contributed by atoms with Crippen LogP contribution >= 0.6 is 0 Å². The van der Waals surface area contributed by atoms with Crippen molar-refractivity contribution in [1.82, 2.24) is 15.1 Å². The summed E-state index contributed by atoms with van der Waals surface area (Å²) in [5, 5.41) is 3.00. The number of ether oxygens (including phenoxy) is 1. The summed E-state index contributed by atoms with van der Waals surface area (Å²) in [5.41, 5.74) is 0.354. The van der Waals surface area contributed by atoms with E-state index in [4.69, 9.17) is 0 Å². The summed E-state index contributed by atoms with van der Waals surface area (Å²) in [6.07, 6.45) is 2.39. The monoisotopic (exact) mass is 340 g/mol. The first-order chi connectivity index (χ1) is 10.9. The van der Waals surface area contributed by atoms with E-state index in [0.29, 0.717) is 0 Å². The summed E-state index contributed by atoms with van der Waals surface area (Å²) in [6.45, 7) is 8.92. The molecule has 3 amide bonds. The first-order valence-electron chi connectivity index (χ1n) is 8.25. The zero-order chi connectivity index (χ0) is 18.7. The maximum absolute atomic E-state index is 12.4. The molecule has 1 aliphatic carbocycles. The number of urea groups is 1. The first kappa shape index (κ1) is 20.3. The van der Waals surface area contributed by atoms with Crippen LogP contribution in [0.15, 0.2) is 4.99 Å². The van der Waals surface area contributed by atoms with Gasteiger partial charge in [0.1, 0.15) is 0 Å². The van der Waals surface area contributed by atoms with Gasteiger partial charge in [0.25, 0.3) is 0 Å². The molecule has 0 aromatic heterocycles. The molecule has 0 atom stereocenters. The highest BCUT2D eigenvalue weighted by atomic mass is 16.5. The molecule has 1 fully saturated rings. The molecule has 0 saturated heterocycles. The van der Waals surface area contributed by atoms with Gasteiger partial charge >= 0.3 is 12.1 Å². The molecule has 7 heteroatoms. The van der Waals surface area contributed by atoms with Gasteiger partial charge in [-0.15, -0.1) is 0 Å². The molecule has 1 rings (SSSR count). The molecule has 0 aromatic carbocycles. The molecule has 0 radical (unpaired) electrons. The van der Waals surface area contributed by atoms with Gasteiger partial charge in [-0.2, -0.15) is 4.99 Å². The third-order valence-corrected chi connectivity index (χ3v) is 4.23. The molecule has 24 heavy (non-hydrogen) atoms. The van der Waals surface area contributed by atoms with E-state index in [-0.39, 0.29) is 22.8 Å². The van der Waals surface area contributed by atoms with Crippen molar-refractivity contribution in [3.8, 4) is 0 Å². The minimum absolute atomic E-state index is 0.0758. The summed E-state index contributed by atoms with van der Waals surface area (Å²) in [6, 6.07) is -0.361. The number of methoxy groups -OCH3 is 1. The highest BCUT2D eigenvalue weighted by Gasteiger charge is 2.39. The van der Waals surface area contributed by atoms with Crippen LogP contribution in [0.5, 0.6) is 0 Å². The van der Waals surface area contributed by atoms with E-state index in [9.17, 15) is 9.59 Å². The molecular weight excluding hydrogens is 308 g/mol. The quantitative estimate of drug-likeness (QED) is 0.588. The Labute approximate surface area is 145 Å². The number of rotatable bonds is 1. The summed E-state index contributed by atoms with van der Waals surface area (Å²) in [7, 11) is 6.25. The Bertz CT molecular complexity index is 496. The Kier molecular flexibility index (Phi) is 6.25. The van der Waals surface area contributed by atoms with Crippen LogP contribution in [-0.2, 0) is 4.74 Å². The second-order valence-corrected chi connectivity index (χ2v) is 8.40. The Morgan fingerprint density at radius 1 is 1.08 bits per heavy atom. The van der Waals surface area contributed by atoms with Gasteiger partial charge in [0, 0.05) is 27.2 Å². The predicted octanol–water partition coefficient (Wildman–Crippen LogP) is 2.92. The standard InChI is InChI=1S/C17H32N4O3/c1-16(2)9-12(10-17(3,4)11-16)18-13(22)19-14(20(5)6)21(7)15(23)24-8/h12H,9-11H2,1-8H3,(H,18,22)/b19-14+. The maximum Gasteiger partial charge on any atom is 0.416 e. The van der Waals surface area contributed by atoms with E-state index in [1.807, 2.05) is 0 Å². The zero-order valence-electron chi connectivity index (χ0n) is 16.3. The molecule has 0 bridgehead atoms. The van der Waals surface area contributed by atoms with E-state index in [1.165, 1.54) is 19.1 Å². The molecule has 0 aromatic rings. The van der Waals surface area contributed by atoms with E-state index >= 15 is 0 Å². The number of hydrogen-bond donors (Lipinski definition) is 1. The second kappa shape index (κ2) is 7.40. The minimum Gasteiger partial charge on any atom is -0.452 e. The second-order valence-electron chi connectivity index (χ2n) is 8.40. The minimum atomic E-state index is -0.574. The number of guanidine groups is 1. The van der Waals surface area contributed by atoms with E-state index < -0.39 is 12.1 Å². The first-order valence-corrected chi connectivity index (χ1v) is 8.25. The fourth-order valence-electron chi connectivity index (χ4n) is 3.94. The average molecular weight is 340 g/mol. The predicted molar refractivity (Wildman–Crippen MR) is 95.0 cm³/mol. The Morgan fingerprint density at radius 2 is 1.58 bits per heavy atom. The summed E-state index contributed by atoms with van der Waals surface area (Å²) in [5.74, 6) is 0.230. The molecular formula is C17H32N4O3. The Morgan fingerprint density at radius 3 is 2.00 bits per heavy atom. The van der Waals surface area contributed by atoms with Gasteiger partial charge in [0.2, 0.25) is 5.96 Å². The van der Waals surface area contributed by atoms with Crippen LogP contribution in [0.1, 0.15) is 47.0 Å². The van der Waals surface area contributed by atoms with Crippen molar-refractivity contribution in [3.05, 3.63) is 0 Å². The number of nitrogens with one attached hydrogen (secondary N) is 1. The SMILES string of the molecule is COC(=O)N(C)/C(=N/C(=O)NC1CC(C)(C)CC(C)(C)C1)N(C)C. The smallest absolute Gasteiger partial charge is 0.416 e. The number of amides is 3. The molecule has 1 saturated carbocycles. The van der Waals surface area contributed by atoms with Gasteiger partial charge in [-0.3, -0.25) is 4.90 Å². The van der Waals surface area contributed by atoms with E-state index in [2.05, 4.69) is 42.7 Å². The van der Waals surface area contributed by atoms with Gasteiger partial charge < -0.3 is 15.0 Å². The molecule has 0 unspecified atom stereocenters. The molecule has 1 aliphatic rings. The Hall–Kier alpha value is -1.79. The largest absolute Gasteiger partial charge is 0.452 e. The van der Waals surface area contributed by atoms with Gasteiger partial charge in [0.05, 0.1) is 7.11 Å². The third-order valence-electron chi connectivity index (χ3n) is 4.23. The number of aliphatic imine (C=N–C) groups is 1. The van der Waals surface area contributed by atoms with Gasteiger partial charge in [-0.25, -0.2) is 9.59 Å². The highest BCUT2D eigenvalue weighted by Crippen LogP contribution is 2.45. The molecule has 0 spiro atoms. The summed E-state index contributed by atoms with van der Waals surface area (Å²) >= 11 is 0. The third kappa shape index (κ3) is 5.69. The zero-order valence-corrected chi connectivity index (χ0v) is 16.3. The van der Waals surface area contributed by atoms with Crippen molar-refractivity contribution in [2.24, 2.45) is 15.8 Å². The lowest BCUT2D eigenvalue weighted by Crippen LogP contribution is -2.47. The Balaban J connectivity index is 2.86. The lowest BCUT2D eigenvalue weighted by molar-refractivity contribution is 0.0889. The van der Waals surface area contributed by atoms with Crippen LogP contribution < -0.4 is 5.32 Å². The number of nitrogens with zero attached hydrogens (tertiary/aromatic N) is 3. The average Bonchev–Trinajstić information content (AvgIpc) is 2.39. The van der Waals surface area contributed by atoms with Crippen LogP contribution in [0.25, 0.3) is 0 Å². The van der Waals surface area contributed by atoms with Crippen LogP contribution in [0.4, 0.5) is 9.59 Å². The van der Waals surface area contributed by atoms with Crippen molar-refractivity contribution in [3.63, 3.8) is 0 Å². The number of hydrogen-bond acceptors (Lipinski definition) is 3. The van der Waals surface area contributed by atoms with E-state index in [1.54, 1.807) is 19.0 Å². The van der Waals surface area contributed by atoms with Crippen molar-refractivity contribution in [2.75, 3.05) is 28.3 Å². The normalized spacial score (nSPS) is 20.2. The van der Waals surface area contributed by atoms with Crippen LogP contribution in [-0.4, -0.2) is 62.2 Å². The number of carbonyl (C=O) groups is 2. The van der Waals surface area contributed by atoms with Crippen LogP contribution in [0.3, 0.4) is 0 Å². The maximum atomic E-state index is 12.4. The number of carbonyl (C=O) groups excluding carboxylic acids is 2. The highest BCUT2D eigenvalue weighted by molar-refractivity contribution is 5.99. The van der Waals surface area contributed by atoms with Gasteiger partial charge in [-0.1, -0.05) is 27.7 Å². The summed E-state index contributed by atoms with van der Waals surface area (Å²) < 4.78 is 4.68. The molecule has 0 aliphatic heterocycles. The lowest BCUT2D eigenvalue weighted by atomic mass is 9.63. The van der Waals surface area contributed by atoms with Gasteiger partial charge in [-0.05, 0) is 30.1 Å². The lowest BCUT2D eigenvalue weighted by Gasteiger charge is -2.44.